The Morgan fingerprint density at radius 3 is 1.31 bits per heavy atom. The molecule has 4 heteroatoms. The number of hydrogen-bond acceptors (Lipinski definition) is 4. The molecule has 0 saturated heterocycles. The quantitative estimate of drug-likeness (QED) is 0.166. The van der Waals surface area contributed by atoms with Gasteiger partial charge in [0.15, 0.2) is 17.5 Å². The Hall–Kier alpha value is -7.43. The second kappa shape index (κ2) is 13.8. The summed E-state index contributed by atoms with van der Waals surface area (Å²) in [6.45, 7) is 0. The summed E-state index contributed by atoms with van der Waals surface area (Å²) < 4.78 is 6.42. The Morgan fingerprint density at radius 1 is 0.273 bits per heavy atom. The van der Waals surface area contributed by atoms with Crippen LogP contribution >= 0.6 is 0 Å². The molecule has 2 heterocycles. The van der Waals surface area contributed by atoms with Crippen LogP contribution in [0.15, 0.2) is 205 Å². The highest BCUT2D eigenvalue weighted by atomic mass is 16.3. The Morgan fingerprint density at radius 2 is 0.673 bits per heavy atom. The second-order valence-corrected chi connectivity index (χ2v) is 13.6. The van der Waals surface area contributed by atoms with E-state index < -0.39 is 0 Å². The minimum absolute atomic E-state index is 0.563. The molecule has 0 amide bonds. The summed E-state index contributed by atoms with van der Waals surface area (Å²) >= 11 is 0. The monoisotopic (exact) mass is 703 g/mol. The van der Waals surface area contributed by atoms with E-state index in [0.717, 1.165) is 60.9 Å². The number of furan rings is 1. The van der Waals surface area contributed by atoms with Crippen LogP contribution in [0.1, 0.15) is 0 Å². The van der Waals surface area contributed by atoms with Gasteiger partial charge in [-0.15, -0.1) is 0 Å². The van der Waals surface area contributed by atoms with E-state index in [2.05, 4.69) is 140 Å². The molecule has 0 unspecified atom stereocenters. The Balaban J connectivity index is 1.08. The molecule has 0 aliphatic rings. The fourth-order valence-electron chi connectivity index (χ4n) is 7.37. The third-order valence-corrected chi connectivity index (χ3v) is 10.1. The third-order valence-electron chi connectivity index (χ3n) is 10.1. The van der Waals surface area contributed by atoms with Crippen LogP contribution in [0.4, 0.5) is 0 Å². The lowest BCUT2D eigenvalue weighted by molar-refractivity contribution is 0.669. The highest BCUT2D eigenvalue weighted by Gasteiger charge is 2.18. The van der Waals surface area contributed by atoms with Gasteiger partial charge in [-0.25, -0.2) is 15.0 Å². The van der Waals surface area contributed by atoms with E-state index >= 15 is 0 Å². The molecule has 258 valence electrons. The van der Waals surface area contributed by atoms with Crippen molar-refractivity contribution < 1.29 is 4.42 Å². The van der Waals surface area contributed by atoms with Gasteiger partial charge in [-0.3, -0.25) is 0 Å². The zero-order chi connectivity index (χ0) is 36.6. The minimum Gasteiger partial charge on any atom is -0.455 e. The first kappa shape index (κ1) is 32.2. The van der Waals surface area contributed by atoms with E-state index in [9.17, 15) is 0 Å². The lowest BCUT2D eigenvalue weighted by Gasteiger charge is -2.13. The van der Waals surface area contributed by atoms with Crippen LogP contribution in [0, 0.1) is 0 Å². The van der Waals surface area contributed by atoms with Gasteiger partial charge >= 0.3 is 0 Å². The molecular weight excluding hydrogens is 671 g/mol. The summed E-state index contributed by atoms with van der Waals surface area (Å²) in [6, 6.07) is 69.6. The van der Waals surface area contributed by atoms with Crippen molar-refractivity contribution in [2.45, 2.75) is 0 Å². The maximum absolute atomic E-state index is 6.42. The lowest BCUT2D eigenvalue weighted by Crippen LogP contribution is -2.00. The van der Waals surface area contributed by atoms with Gasteiger partial charge in [-0.05, 0) is 87.0 Å². The molecule has 0 spiro atoms. The Labute approximate surface area is 319 Å². The summed E-state index contributed by atoms with van der Waals surface area (Å²) in [4.78, 5) is 15.2. The van der Waals surface area contributed by atoms with E-state index in [-0.39, 0.29) is 0 Å². The Kier molecular flexibility index (Phi) is 8.12. The zero-order valence-electron chi connectivity index (χ0n) is 29.8. The number of aromatic nitrogens is 3. The average molecular weight is 704 g/mol. The average Bonchev–Trinajstić information content (AvgIpc) is 3.66. The van der Waals surface area contributed by atoms with Crippen molar-refractivity contribution in [3.05, 3.63) is 200 Å². The molecule has 0 bridgehead atoms. The third kappa shape index (κ3) is 6.26. The molecule has 10 rings (SSSR count). The van der Waals surface area contributed by atoms with E-state index in [1.807, 2.05) is 60.7 Å². The van der Waals surface area contributed by atoms with Crippen LogP contribution in [0.3, 0.4) is 0 Å². The van der Waals surface area contributed by atoms with Gasteiger partial charge in [0.05, 0.1) is 5.56 Å². The molecule has 0 fully saturated rings. The fraction of sp³-hybridized carbons (Fsp3) is 0. The van der Waals surface area contributed by atoms with E-state index in [1.54, 1.807) is 0 Å². The van der Waals surface area contributed by atoms with Crippen molar-refractivity contribution >= 4 is 21.9 Å². The van der Waals surface area contributed by atoms with Crippen LogP contribution in [0.2, 0.25) is 0 Å². The molecule has 8 aromatic carbocycles. The fourth-order valence-corrected chi connectivity index (χ4v) is 7.37. The predicted molar refractivity (Wildman–Crippen MR) is 225 cm³/mol. The first-order valence-corrected chi connectivity index (χ1v) is 18.4. The topological polar surface area (TPSA) is 51.8 Å². The van der Waals surface area contributed by atoms with Gasteiger partial charge < -0.3 is 4.42 Å². The number of benzene rings is 8. The highest BCUT2D eigenvalue weighted by Crippen LogP contribution is 2.37. The van der Waals surface area contributed by atoms with Crippen LogP contribution in [0.25, 0.3) is 101 Å². The van der Waals surface area contributed by atoms with Crippen molar-refractivity contribution in [1.29, 1.82) is 0 Å². The minimum atomic E-state index is 0.563. The predicted octanol–water partition coefficient (Wildman–Crippen LogP) is 13.4. The van der Waals surface area contributed by atoms with Crippen molar-refractivity contribution in [3.8, 4) is 78.7 Å². The maximum Gasteiger partial charge on any atom is 0.167 e. The number of para-hydroxylation sites is 2. The summed E-state index contributed by atoms with van der Waals surface area (Å²) in [6.07, 6.45) is 0. The number of nitrogens with zero attached hydrogens (tertiary/aromatic N) is 3. The van der Waals surface area contributed by atoms with E-state index in [0.29, 0.717) is 17.5 Å². The molecule has 0 aliphatic heterocycles. The van der Waals surface area contributed by atoms with Crippen LogP contribution in [-0.2, 0) is 0 Å². The standard InChI is InChI=1S/C51H33N3O/c1-4-15-34(16-5-1)41-31-42(35-17-6-2-7-18-35)33-43(32-41)39-23-12-21-37(29-39)38-22-13-24-40(30-38)50-52-49(36-19-8-3-9-20-36)53-51(54-50)46-27-14-26-45-44-25-10-11-28-47(44)55-48(45)46/h1-33H. The van der Waals surface area contributed by atoms with E-state index in [4.69, 9.17) is 19.4 Å². The van der Waals surface area contributed by atoms with E-state index in [1.165, 1.54) is 22.3 Å². The number of hydrogen-bond donors (Lipinski definition) is 0. The second-order valence-electron chi connectivity index (χ2n) is 13.6. The van der Waals surface area contributed by atoms with Gasteiger partial charge in [0, 0.05) is 21.9 Å². The van der Waals surface area contributed by atoms with Crippen LogP contribution < -0.4 is 0 Å². The summed E-state index contributed by atoms with van der Waals surface area (Å²) in [5.41, 5.74) is 13.5. The molecular formula is C51H33N3O. The van der Waals surface area contributed by atoms with Crippen molar-refractivity contribution in [3.63, 3.8) is 0 Å². The van der Waals surface area contributed by atoms with Gasteiger partial charge in [-0.1, -0.05) is 158 Å². The zero-order valence-corrected chi connectivity index (χ0v) is 29.8. The van der Waals surface area contributed by atoms with Crippen molar-refractivity contribution in [2.24, 2.45) is 0 Å². The highest BCUT2D eigenvalue weighted by molar-refractivity contribution is 6.09. The molecule has 0 aliphatic carbocycles. The first-order valence-electron chi connectivity index (χ1n) is 18.4. The summed E-state index contributed by atoms with van der Waals surface area (Å²) in [7, 11) is 0. The lowest BCUT2D eigenvalue weighted by atomic mass is 9.92. The SMILES string of the molecule is c1ccc(-c2cc(-c3ccccc3)cc(-c3cccc(-c4cccc(-c5nc(-c6ccccc6)nc(-c6cccc7c6oc6ccccc67)n5)c4)c3)c2)cc1. The number of fused-ring (bicyclic) bond motifs is 3. The van der Waals surface area contributed by atoms with Gasteiger partial charge in [0.1, 0.15) is 11.2 Å². The van der Waals surface area contributed by atoms with Crippen molar-refractivity contribution in [1.82, 2.24) is 15.0 Å². The Bertz CT molecular complexity index is 2910. The molecule has 0 atom stereocenters. The molecule has 0 saturated carbocycles. The molecule has 0 N–H and O–H groups in total. The van der Waals surface area contributed by atoms with Crippen LogP contribution in [-0.4, -0.2) is 15.0 Å². The normalized spacial score (nSPS) is 11.3. The molecule has 4 nitrogen and oxygen atoms in total. The molecule has 55 heavy (non-hydrogen) atoms. The largest absolute Gasteiger partial charge is 0.455 e. The maximum atomic E-state index is 6.42. The van der Waals surface area contributed by atoms with Gasteiger partial charge in [0.2, 0.25) is 0 Å². The van der Waals surface area contributed by atoms with Crippen molar-refractivity contribution in [2.75, 3.05) is 0 Å². The molecule has 10 aromatic rings. The summed E-state index contributed by atoms with van der Waals surface area (Å²) in [5.74, 6) is 1.76. The molecule has 2 aromatic heterocycles. The first-order chi connectivity index (χ1) is 27.2. The summed E-state index contributed by atoms with van der Waals surface area (Å²) in [5, 5.41) is 2.10. The van der Waals surface area contributed by atoms with Gasteiger partial charge in [0.25, 0.3) is 0 Å². The van der Waals surface area contributed by atoms with Gasteiger partial charge in [-0.2, -0.15) is 0 Å². The number of rotatable bonds is 7. The van der Waals surface area contributed by atoms with Crippen LogP contribution in [0.5, 0.6) is 0 Å². The molecule has 0 radical (unpaired) electrons. The smallest absolute Gasteiger partial charge is 0.167 e.